The maximum absolute atomic E-state index is 13.8. The number of hydrogen-bond acceptors (Lipinski definition) is 4. The smallest absolute Gasteiger partial charge is 0.335 e. The fourth-order valence-corrected chi connectivity index (χ4v) is 4.04. The van der Waals surface area contributed by atoms with Gasteiger partial charge in [-0.05, 0) is 25.5 Å². The Hall–Kier alpha value is -1.51. The minimum absolute atomic E-state index is 0.0825. The molecule has 1 aromatic carbocycles. The highest BCUT2D eigenvalue weighted by atomic mass is 32.2. The Morgan fingerprint density at radius 2 is 2.14 bits per heavy atom. The van der Waals surface area contributed by atoms with Crippen LogP contribution in [0.2, 0.25) is 0 Å². The Morgan fingerprint density at radius 3 is 2.67 bits per heavy atom. The van der Waals surface area contributed by atoms with Gasteiger partial charge in [-0.25, -0.2) is 17.6 Å². The second-order valence-corrected chi connectivity index (χ2v) is 6.80. The Labute approximate surface area is 122 Å². The zero-order chi connectivity index (χ0) is 15.8. The summed E-state index contributed by atoms with van der Waals surface area (Å²) >= 11 is 0. The standard InChI is InChI=1S/C13H16FNO5S/c1-8-11(14)5-9(13(16)17)6-12(8)21(18,19)15-4-3-10(7-15)20-2/h5-6,10H,3-4,7H2,1-2H3,(H,16,17). The topological polar surface area (TPSA) is 83.9 Å². The number of sulfonamides is 1. The van der Waals surface area contributed by atoms with Gasteiger partial charge in [0.1, 0.15) is 5.82 Å². The summed E-state index contributed by atoms with van der Waals surface area (Å²) in [5.74, 6) is -2.22. The van der Waals surface area contributed by atoms with Gasteiger partial charge in [0.2, 0.25) is 10.0 Å². The van der Waals surface area contributed by atoms with Crippen molar-refractivity contribution in [2.24, 2.45) is 0 Å². The summed E-state index contributed by atoms with van der Waals surface area (Å²) in [5.41, 5.74) is -0.472. The van der Waals surface area contributed by atoms with Gasteiger partial charge in [-0.3, -0.25) is 0 Å². The Bertz CT molecular complexity index is 673. The Balaban J connectivity index is 2.47. The van der Waals surface area contributed by atoms with E-state index in [1.54, 1.807) is 0 Å². The van der Waals surface area contributed by atoms with Crippen LogP contribution in [0, 0.1) is 12.7 Å². The lowest BCUT2D eigenvalue weighted by molar-refractivity contribution is 0.0696. The van der Waals surface area contributed by atoms with E-state index in [2.05, 4.69) is 0 Å². The molecular weight excluding hydrogens is 301 g/mol. The van der Waals surface area contributed by atoms with Crippen LogP contribution in [0.5, 0.6) is 0 Å². The number of ether oxygens (including phenoxy) is 1. The molecule has 0 radical (unpaired) electrons. The monoisotopic (exact) mass is 317 g/mol. The van der Waals surface area contributed by atoms with Crippen molar-refractivity contribution in [1.82, 2.24) is 4.31 Å². The zero-order valence-electron chi connectivity index (χ0n) is 11.7. The zero-order valence-corrected chi connectivity index (χ0v) is 12.5. The number of rotatable bonds is 4. The van der Waals surface area contributed by atoms with Gasteiger partial charge >= 0.3 is 5.97 Å². The third-order valence-electron chi connectivity index (χ3n) is 3.60. The quantitative estimate of drug-likeness (QED) is 0.903. The summed E-state index contributed by atoms with van der Waals surface area (Å²) in [6.07, 6.45) is 0.350. The molecule has 0 aromatic heterocycles. The Morgan fingerprint density at radius 1 is 1.48 bits per heavy atom. The number of carboxylic acids is 1. The van der Waals surface area contributed by atoms with Crippen LogP contribution < -0.4 is 0 Å². The average molecular weight is 317 g/mol. The minimum Gasteiger partial charge on any atom is -0.478 e. The second kappa shape index (κ2) is 5.70. The van der Waals surface area contributed by atoms with Gasteiger partial charge in [-0.1, -0.05) is 0 Å². The summed E-state index contributed by atoms with van der Waals surface area (Å²) < 4.78 is 45.2. The van der Waals surface area contributed by atoms with Gasteiger partial charge in [0.15, 0.2) is 0 Å². The van der Waals surface area contributed by atoms with Gasteiger partial charge in [0, 0.05) is 25.8 Å². The van der Waals surface area contributed by atoms with Crippen molar-refractivity contribution in [2.45, 2.75) is 24.3 Å². The van der Waals surface area contributed by atoms with Gasteiger partial charge in [0.05, 0.1) is 16.6 Å². The maximum atomic E-state index is 13.8. The number of carbonyl (C=O) groups is 1. The van der Waals surface area contributed by atoms with E-state index in [4.69, 9.17) is 9.84 Å². The molecule has 0 amide bonds. The largest absolute Gasteiger partial charge is 0.478 e. The molecule has 21 heavy (non-hydrogen) atoms. The molecule has 0 spiro atoms. The number of hydrogen-bond donors (Lipinski definition) is 1. The summed E-state index contributed by atoms with van der Waals surface area (Å²) in [6, 6.07) is 1.81. The number of halogens is 1. The van der Waals surface area contributed by atoms with Crippen molar-refractivity contribution >= 4 is 16.0 Å². The van der Waals surface area contributed by atoms with Crippen molar-refractivity contribution in [3.63, 3.8) is 0 Å². The van der Waals surface area contributed by atoms with Crippen molar-refractivity contribution in [3.05, 3.63) is 29.1 Å². The first-order chi connectivity index (χ1) is 9.77. The lowest BCUT2D eigenvalue weighted by Crippen LogP contribution is -2.31. The van der Waals surface area contributed by atoms with E-state index in [1.807, 2.05) is 0 Å². The Kier molecular flexibility index (Phi) is 4.31. The van der Waals surface area contributed by atoms with Gasteiger partial charge in [-0.2, -0.15) is 4.31 Å². The number of carboxylic acid groups (broad SMARTS) is 1. The first kappa shape index (κ1) is 15.9. The van der Waals surface area contributed by atoms with Crippen LogP contribution in [0.1, 0.15) is 22.3 Å². The molecule has 1 saturated heterocycles. The SMILES string of the molecule is COC1CCN(S(=O)(=O)c2cc(C(=O)O)cc(F)c2C)C1. The van der Waals surface area contributed by atoms with E-state index in [0.717, 1.165) is 12.1 Å². The minimum atomic E-state index is -3.94. The fourth-order valence-electron chi connectivity index (χ4n) is 2.29. The highest BCUT2D eigenvalue weighted by molar-refractivity contribution is 7.89. The lowest BCUT2D eigenvalue weighted by Gasteiger charge is -2.18. The molecule has 1 N–H and O–H groups in total. The van der Waals surface area contributed by atoms with Gasteiger partial charge in [0.25, 0.3) is 0 Å². The van der Waals surface area contributed by atoms with Crippen LogP contribution in [-0.2, 0) is 14.8 Å². The van der Waals surface area contributed by atoms with Crippen molar-refractivity contribution in [1.29, 1.82) is 0 Å². The fraction of sp³-hybridized carbons (Fsp3) is 0.462. The molecule has 0 bridgehead atoms. The van der Waals surface area contributed by atoms with Crippen LogP contribution in [0.4, 0.5) is 4.39 Å². The third-order valence-corrected chi connectivity index (χ3v) is 5.59. The van der Waals surface area contributed by atoms with E-state index in [9.17, 15) is 17.6 Å². The highest BCUT2D eigenvalue weighted by Gasteiger charge is 2.34. The number of nitrogens with zero attached hydrogens (tertiary/aromatic N) is 1. The van der Waals surface area contributed by atoms with Crippen LogP contribution in [0.25, 0.3) is 0 Å². The van der Waals surface area contributed by atoms with E-state index >= 15 is 0 Å². The molecule has 116 valence electrons. The number of methoxy groups -OCH3 is 1. The number of benzene rings is 1. The van der Waals surface area contributed by atoms with Crippen molar-refractivity contribution < 1.29 is 27.4 Å². The molecule has 1 atom stereocenters. The van der Waals surface area contributed by atoms with Crippen LogP contribution in [-0.4, -0.2) is 50.1 Å². The summed E-state index contributed by atoms with van der Waals surface area (Å²) in [6.45, 7) is 1.76. The molecule has 1 aliphatic heterocycles. The summed E-state index contributed by atoms with van der Waals surface area (Å²) in [7, 11) is -2.44. The first-order valence-electron chi connectivity index (χ1n) is 6.33. The molecular formula is C13H16FNO5S. The predicted octanol–water partition coefficient (Wildman–Crippen LogP) is 1.24. The molecule has 2 rings (SSSR count). The molecule has 1 aliphatic rings. The van der Waals surface area contributed by atoms with Crippen LogP contribution >= 0.6 is 0 Å². The molecule has 0 saturated carbocycles. The molecule has 8 heteroatoms. The molecule has 1 aromatic rings. The molecule has 1 heterocycles. The molecule has 1 unspecified atom stereocenters. The number of aromatic carboxylic acids is 1. The van der Waals surface area contributed by atoms with Crippen molar-refractivity contribution in [2.75, 3.05) is 20.2 Å². The van der Waals surface area contributed by atoms with E-state index in [-0.39, 0.29) is 35.2 Å². The van der Waals surface area contributed by atoms with Crippen LogP contribution in [0.3, 0.4) is 0 Å². The molecule has 0 aliphatic carbocycles. The normalized spacial score (nSPS) is 19.9. The maximum Gasteiger partial charge on any atom is 0.335 e. The lowest BCUT2D eigenvalue weighted by atomic mass is 10.1. The van der Waals surface area contributed by atoms with Crippen LogP contribution in [0.15, 0.2) is 17.0 Å². The van der Waals surface area contributed by atoms with Crippen molar-refractivity contribution in [3.8, 4) is 0 Å². The predicted molar refractivity (Wildman–Crippen MR) is 72.3 cm³/mol. The van der Waals surface area contributed by atoms with E-state index in [0.29, 0.717) is 6.42 Å². The average Bonchev–Trinajstić information content (AvgIpc) is 2.90. The highest BCUT2D eigenvalue weighted by Crippen LogP contribution is 2.27. The van der Waals surface area contributed by atoms with Gasteiger partial charge < -0.3 is 9.84 Å². The van der Waals surface area contributed by atoms with E-state index < -0.39 is 21.8 Å². The summed E-state index contributed by atoms with van der Waals surface area (Å²) in [5, 5.41) is 8.94. The molecule has 6 nitrogen and oxygen atoms in total. The third kappa shape index (κ3) is 2.92. The summed E-state index contributed by atoms with van der Waals surface area (Å²) in [4.78, 5) is 10.7. The van der Waals surface area contributed by atoms with Gasteiger partial charge in [-0.15, -0.1) is 0 Å². The molecule has 1 fully saturated rings. The first-order valence-corrected chi connectivity index (χ1v) is 7.77. The second-order valence-electron chi connectivity index (χ2n) is 4.90. The van der Waals surface area contributed by atoms with E-state index in [1.165, 1.54) is 18.3 Å².